The van der Waals surface area contributed by atoms with E-state index in [1.54, 1.807) is 11.1 Å². The summed E-state index contributed by atoms with van der Waals surface area (Å²) in [6.45, 7) is 6.52. The Morgan fingerprint density at radius 2 is 1.97 bits per heavy atom. The molecular formula is C26H32ClN5O4. The van der Waals surface area contributed by atoms with Crippen LogP contribution in [0.15, 0.2) is 24.4 Å². The Labute approximate surface area is 215 Å². The number of ether oxygens (including phenoxy) is 2. The molecule has 9 nitrogen and oxygen atoms in total. The van der Waals surface area contributed by atoms with Gasteiger partial charge in [0.15, 0.2) is 0 Å². The highest BCUT2D eigenvalue weighted by molar-refractivity contribution is 6.33. The summed E-state index contributed by atoms with van der Waals surface area (Å²) in [4.78, 5) is 36.4. The van der Waals surface area contributed by atoms with E-state index in [0.717, 1.165) is 36.8 Å². The van der Waals surface area contributed by atoms with E-state index < -0.39 is 0 Å². The molecule has 0 aliphatic carbocycles. The van der Waals surface area contributed by atoms with Gasteiger partial charge in [-0.25, -0.2) is 9.97 Å². The van der Waals surface area contributed by atoms with Gasteiger partial charge in [-0.1, -0.05) is 23.7 Å². The number of carbonyl (C=O) groups excluding carboxylic acids is 2. The predicted molar refractivity (Wildman–Crippen MR) is 136 cm³/mol. The number of anilines is 1. The maximum absolute atomic E-state index is 13.2. The zero-order valence-electron chi connectivity index (χ0n) is 20.7. The van der Waals surface area contributed by atoms with Gasteiger partial charge < -0.3 is 25.0 Å². The number of aromatic nitrogens is 2. The fraction of sp³-hybridized carbons (Fsp3) is 0.538. The van der Waals surface area contributed by atoms with Crippen LogP contribution in [0.3, 0.4) is 0 Å². The van der Waals surface area contributed by atoms with Crippen molar-refractivity contribution in [2.45, 2.75) is 63.8 Å². The van der Waals surface area contributed by atoms with Crippen molar-refractivity contribution in [3.63, 3.8) is 0 Å². The van der Waals surface area contributed by atoms with Crippen LogP contribution >= 0.6 is 11.6 Å². The Hall–Kier alpha value is -2.75. The van der Waals surface area contributed by atoms with Gasteiger partial charge >= 0.3 is 0 Å². The first-order chi connectivity index (χ1) is 17.3. The van der Waals surface area contributed by atoms with Crippen molar-refractivity contribution in [2.24, 2.45) is 0 Å². The van der Waals surface area contributed by atoms with E-state index in [4.69, 9.17) is 21.1 Å². The monoisotopic (exact) mass is 513 g/mol. The Kier molecular flexibility index (Phi) is 7.14. The Morgan fingerprint density at radius 3 is 2.75 bits per heavy atom. The number of rotatable bonds is 6. The summed E-state index contributed by atoms with van der Waals surface area (Å²) < 4.78 is 11.1. The normalized spacial score (nSPS) is 21.8. The highest BCUT2D eigenvalue weighted by Gasteiger charge is 2.32. The molecule has 1 aromatic heterocycles. The van der Waals surface area contributed by atoms with E-state index in [-0.39, 0.29) is 36.0 Å². The molecule has 1 aromatic carbocycles. The van der Waals surface area contributed by atoms with E-state index in [1.165, 1.54) is 0 Å². The molecule has 2 fully saturated rings. The number of nitrogens with zero attached hydrogens (tertiary/aromatic N) is 3. The van der Waals surface area contributed by atoms with Crippen molar-refractivity contribution >= 4 is 29.4 Å². The first kappa shape index (κ1) is 24.9. The molecule has 36 heavy (non-hydrogen) atoms. The minimum absolute atomic E-state index is 0.0219. The molecule has 1 unspecified atom stereocenters. The van der Waals surface area contributed by atoms with E-state index in [0.29, 0.717) is 48.6 Å². The second-order valence-corrected chi connectivity index (χ2v) is 10.7. The van der Waals surface area contributed by atoms with Gasteiger partial charge in [0.25, 0.3) is 5.91 Å². The number of hydrogen-bond acceptors (Lipinski definition) is 7. The summed E-state index contributed by atoms with van der Waals surface area (Å²) in [6.07, 6.45) is 4.89. The Balaban J connectivity index is 1.26. The molecule has 2 aromatic rings. The highest BCUT2D eigenvalue weighted by atomic mass is 35.5. The van der Waals surface area contributed by atoms with Crippen LogP contribution in [0.5, 0.6) is 0 Å². The van der Waals surface area contributed by atoms with Crippen LogP contribution in [0.1, 0.15) is 55.5 Å². The van der Waals surface area contributed by atoms with Gasteiger partial charge in [-0.2, -0.15) is 0 Å². The molecule has 3 aliphatic rings. The lowest BCUT2D eigenvalue weighted by Gasteiger charge is -2.36. The molecule has 0 radical (unpaired) electrons. The molecule has 4 heterocycles. The average Bonchev–Trinajstić information content (AvgIpc) is 3.14. The molecule has 5 rings (SSSR count). The number of fused-ring (bicyclic) bond motifs is 1. The maximum atomic E-state index is 13.2. The molecule has 0 bridgehead atoms. The van der Waals surface area contributed by atoms with Crippen molar-refractivity contribution in [1.29, 1.82) is 0 Å². The number of nitrogens with one attached hydrogen (secondary N) is 2. The zero-order chi connectivity index (χ0) is 25.3. The van der Waals surface area contributed by atoms with Gasteiger partial charge in [0.05, 0.1) is 22.5 Å². The number of halogens is 1. The third kappa shape index (κ3) is 5.63. The molecule has 2 saturated heterocycles. The van der Waals surface area contributed by atoms with Crippen LogP contribution in [0.2, 0.25) is 5.02 Å². The summed E-state index contributed by atoms with van der Waals surface area (Å²) in [5, 5.41) is 6.84. The predicted octanol–water partition coefficient (Wildman–Crippen LogP) is 3.42. The van der Waals surface area contributed by atoms with Crippen LogP contribution in [0.4, 0.5) is 5.95 Å². The summed E-state index contributed by atoms with van der Waals surface area (Å²) >= 11 is 6.44. The fourth-order valence-corrected chi connectivity index (χ4v) is 5.30. The first-order valence-electron chi connectivity index (χ1n) is 12.5. The molecule has 2 amide bonds. The number of benzene rings is 1. The van der Waals surface area contributed by atoms with Crippen LogP contribution in [0, 0.1) is 0 Å². The largest absolute Gasteiger partial charge is 0.381 e. The summed E-state index contributed by atoms with van der Waals surface area (Å²) in [5.74, 6) is 0.185. The van der Waals surface area contributed by atoms with Crippen LogP contribution < -0.4 is 10.6 Å². The van der Waals surface area contributed by atoms with Gasteiger partial charge in [-0.15, -0.1) is 0 Å². The smallest absolute Gasteiger partial charge is 0.254 e. The van der Waals surface area contributed by atoms with Crippen molar-refractivity contribution < 1.29 is 19.1 Å². The SMILES string of the molecule is CC1(C)CC(NC(=O)CN2Cc3ccc(-c4nc(NC5CCOCC5)ncc4Cl)cc3C2=O)CCO1. The maximum Gasteiger partial charge on any atom is 0.254 e. The highest BCUT2D eigenvalue weighted by Crippen LogP contribution is 2.32. The first-order valence-corrected chi connectivity index (χ1v) is 12.9. The number of hydrogen-bond donors (Lipinski definition) is 2. The lowest BCUT2D eigenvalue weighted by atomic mass is 9.94. The average molecular weight is 514 g/mol. The van der Waals surface area contributed by atoms with E-state index >= 15 is 0 Å². The van der Waals surface area contributed by atoms with Crippen LogP contribution in [0.25, 0.3) is 11.3 Å². The standard InChI is InChI=1S/C26H32ClN5O4/c1-26(2)12-19(7-10-36-26)29-22(33)15-32-14-17-4-3-16(11-20(17)24(32)34)23-21(27)13-28-25(31-23)30-18-5-8-35-9-6-18/h3-4,11,13,18-19H,5-10,12,14-15H2,1-2H3,(H,29,33)(H,28,30,31). The molecule has 2 N–H and O–H groups in total. The second kappa shape index (κ2) is 10.3. The van der Waals surface area contributed by atoms with E-state index in [2.05, 4.69) is 20.6 Å². The Morgan fingerprint density at radius 1 is 1.19 bits per heavy atom. The molecule has 3 aliphatic heterocycles. The topological polar surface area (TPSA) is 106 Å². The van der Waals surface area contributed by atoms with Gasteiger partial charge in [0.1, 0.15) is 6.54 Å². The van der Waals surface area contributed by atoms with Crippen molar-refractivity contribution in [2.75, 3.05) is 31.7 Å². The minimum Gasteiger partial charge on any atom is -0.381 e. The van der Waals surface area contributed by atoms with Gasteiger partial charge in [-0.3, -0.25) is 9.59 Å². The number of carbonyl (C=O) groups is 2. The Bertz CT molecular complexity index is 1150. The minimum atomic E-state index is -0.255. The lowest BCUT2D eigenvalue weighted by molar-refractivity contribution is -0.124. The summed E-state index contributed by atoms with van der Waals surface area (Å²) in [5.41, 5.74) is 2.50. The quantitative estimate of drug-likeness (QED) is 0.609. The molecule has 0 spiro atoms. The third-order valence-corrected chi connectivity index (χ3v) is 7.23. The van der Waals surface area contributed by atoms with Crippen molar-refractivity contribution in [3.8, 4) is 11.3 Å². The molecule has 0 saturated carbocycles. The van der Waals surface area contributed by atoms with Gasteiger partial charge in [0.2, 0.25) is 11.9 Å². The van der Waals surface area contributed by atoms with Crippen molar-refractivity contribution in [3.05, 3.63) is 40.5 Å². The van der Waals surface area contributed by atoms with Crippen molar-refractivity contribution in [1.82, 2.24) is 20.2 Å². The zero-order valence-corrected chi connectivity index (χ0v) is 21.4. The second-order valence-electron chi connectivity index (χ2n) is 10.3. The van der Waals surface area contributed by atoms with Crippen LogP contribution in [-0.4, -0.2) is 70.7 Å². The van der Waals surface area contributed by atoms with Gasteiger partial charge in [0, 0.05) is 49.6 Å². The third-order valence-electron chi connectivity index (χ3n) is 6.96. The van der Waals surface area contributed by atoms with E-state index in [1.807, 2.05) is 32.0 Å². The molecular weight excluding hydrogens is 482 g/mol. The lowest BCUT2D eigenvalue weighted by Crippen LogP contribution is -2.48. The summed E-state index contributed by atoms with van der Waals surface area (Å²) in [7, 11) is 0. The van der Waals surface area contributed by atoms with Gasteiger partial charge in [-0.05, 0) is 51.2 Å². The molecule has 1 atom stereocenters. The molecule has 192 valence electrons. The molecule has 10 heteroatoms. The van der Waals surface area contributed by atoms with Crippen LogP contribution in [-0.2, 0) is 20.8 Å². The number of amides is 2. The van der Waals surface area contributed by atoms with E-state index in [9.17, 15) is 9.59 Å². The fourth-order valence-electron chi connectivity index (χ4n) is 5.10. The summed E-state index contributed by atoms with van der Waals surface area (Å²) in [6, 6.07) is 5.93.